The number of anilines is 2. The van der Waals surface area contributed by atoms with Gasteiger partial charge in [-0.1, -0.05) is 0 Å². The van der Waals surface area contributed by atoms with Crippen LogP contribution < -0.4 is 14.5 Å². The third-order valence-corrected chi connectivity index (χ3v) is 4.56. The normalized spacial score (nSPS) is 15.2. The SMILES string of the molecule is COc1ncnc2ccc(N3CCN(c4cnsn4)CC3)cc12. The quantitative estimate of drug-likeness (QED) is 0.726. The lowest BCUT2D eigenvalue weighted by molar-refractivity contribution is 0.402. The standard InChI is InChI=1S/C15H16N6OS/c1-22-15-12-8-11(2-3-13(12)16-10-17-15)20-4-6-21(7-5-20)14-9-18-23-19-14/h2-3,8-10H,4-7H2,1H3. The van der Waals surface area contributed by atoms with Gasteiger partial charge in [-0.3, -0.25) is 0 Å². The number of aromatic nitrogens is 4. The van der Waals surface area contributed by atoms with Crippen LogP contribution in [0, 0.1) is 0 Å². The summed E-state index contributed by atoms with van der Waals surface area (Å²) >= 11 is 1.25. The average molecular weight is 328 g/mol. The molecule has 0 spiro atoms. The van der Waals surface area contributed by atoms with E-state index in [0.717, 1.165) is 42.9 Å². The molecule has 3 heterocycles. The lowest BCUT2D eigenvalue weighted by atomic mass is 10.2. The summed E-state index contributed by atoms with van der Waals surface area (Å²) in [6.45, 7) is 3.76. The first kappa shape index (κ1) is 14.1. The predicted octanol–water partition coefficient (Wildman–Crippen LogP) is 1.82. The van der Waals surface area contributed by atoms with Gasteiger partial charge in [0.2, 0.25) is 5.88 Å². The maximum absolute atomic E-state index is 5.34. The minimum Gasteiger partial charge on any atom is -0.480 e. The summed E-state index contributed by atoms with van der Waals surface area (Å²) in [5.74, 6) is 1.59. The Bertz CT molecular complexity index is 801. The Morgan fingerprint density at radius 3 is 2.65 bits per heavy atom. The van der Waals surface area contributed by atoms with Crippen LogP contribution in [-0.2, 0) is 0 Å². The van der Waals surface area contributed by atoms with Crippen LogP contribution in [0.1, 0.15) is 0 Å². The largest absolute Gasteiger partial charge is 0.480 e. The minimum atomic E-state index is 0.615. The summed E-state index contributed by atoms with van der Waals surface area (Å²) in [5, 5.41) is 0.943. The highest BCUT2D eigenvalue weighted by Gasteiger charge is 2.19. The number of fused-ring (bicyclic) bond motifs is 1. The van der Waals surface area contributed by atoms with Gasteiger partial charge in [-0.05, 0) is 18.2 Å². The van der Waals surface area contributed by atoms with Gasteiger partial charge in [0, 0.05) is 31.9 Å². The number of hydrogen-bond donors (Lipinski definition) is 0. The summed E-state index contributed by atoms with van der Waals surface area (Å²) < 4.78 is 13.7. The molecule has 118 valence electrons. The molecule has 0 atom stereocenters. The first-order valence-electron chi connectivity index (χ1n) is 7.41. The number of benzene rings is 1. The van der Waals surface area contributed by atoms with Crippen LogP contribution in [-0.4, -0.2) is 52.0 Å². The monoisotopic (exact) mass is 328 g/mol. The molecule has 1 aromatic carbocycles. The van der Waals surface area contributed by atoms with Gasteiger partial charge in [0.05, 0.1) is 35.9 Å². The van der Waals surface area contributed by atoms with Crippen LogP contribution in [0.5, 0.6) is 5.88 Å². The molecular weight excluding hydrogens is 312 g/mol. The van der Waals surface area contributed by atoms with Crippen molar-refractivity contribution < 1.29 is 4.74 Å². The van der Waals surface area contributed by atoms with E-state index in [1.165, 1.54) is 23.7 Å². The van der Waals surface area contributed by atoms with Crippen molar-refractivity contribution in [1.29, 1.82) is 0 Å². The van der Waals surface area contributed by atoms with Crippen molar-refractivity contribution in [2.24, 2.45) is 0 Å². The van der Waals surface area contributed by atoms with Crippen molar-refractivity contribution in [3.63, 3.8) is 0 Å². The Morgan fingerprint density at radius 1 is 1.09 bits per heavy atom. The van der Waals surface area contributed by atoms with Crippen LogP contribution in [0.2, 0.25) is 0 Å². The highest BCUT2D eigenvalue weighted by Crippen LogP contribution is 2.27. The molecular formula is C15H16N6OS. The van der Waals surface area contributed by atoms with Crippen molar-refractivity contribution in [3.05, 3.63) is 30.7 Å². The molecule has 7 nitrogen and oxygen atoms in total. The molecule has 0 radical (unpaired) electrons. The van der Waals surface area contributed by atoms with Crippen molar-refractivity contribution in [2.45, 2.75) is 0 Å². The fraction of sp³-hybridized carbons (Fsp3) is 0.333. The number of nitrogens with zero attached hydrogens (tertiary/aromatic N) is 6. The van der Waals surface area contributed by atoms with Crippen LogP contribution in [0.25, 0.3) is 10.9 Å². The second-order valence-corrected chi connectivity index (χ2v) is 5.88. The molecule has 0 unspecified atom stereocenters. The highest BCUT2D eigenvalue weighted by molar-refractivity contribution is 6.99. The van der Waals surface area contributed by atoms with Crippen molar-refractivity contribution in [3.8, 4) is 5.88 Å². The van der Waals surface area contributed by atoms with Gasteiger partial charge < -0.3 is 14.5 Å². The molecule has 1 saturated heterocycles. The fourth-order valence-corrected chi connectivity index (χ4v) is 3.31. The number of methoxy groups -OCH3 is 1. The molecule has 0 bridgehead atoms. The van der Waals surface area contributed by atoms with E-state index >= 15 is 0 Å². The molecule has 4 rings (SSSR count). The molecule has 1 aliphatic rings. The lowest BCUT2D eigenvalue weighted by Gasteiger charge is -2.36. The van der Waals surface area contributed by atoms with Gasteiger partial charge in [-0.15, -0.1) is 0 Å². The summed E-state index contributed by atoms with van der Waals surface area (Å²) in [5.41, 5.74) is 2.06. The average Bonchev–Trinajstić information content (AvgIpc) is 3.15. The summed E-state index contributed by atoms with van der Waals surface area (Å²) in [4.78, 5) is 13.1. The Hall–Kier alpha value is -2.48. The first-order valence-corrected chi connectivity index (χ1v) is 8.14. The van der Waals surface area contributed by atoms with E-state index in [0.29, 0.717) is 5.88 Å². The maximum atomic E-state index is 5.34. The molecule has 0 aliphatic carbocycles. The van der Waals surface area contributed by atoms with Crippen LogP contribution in [0.4, 0.5) is 11.5 Å². The van der Waals surface area contributed by atoms with Crippen LogP contribution in [0.15, 0.2) is 30.7 Å². The molecule has 0 N–H and O–H groups in total. The molecule has 2 aromatic heterocycles. The van der Waals surface area contributed by atoms with Gasteiger partial charge in [-0.25, -0.2) is 9.97 Å². The Balaban J connectivity index is 1.56. The Morgan fingerprint density at radius 2 is 1.91 bits per heavy atom. The lowest BCUT2D eigenvalue weighted by Crippen LogP contribution is -2.46. The predicted molar refractivity (Wildman–Crippen MR) is 90.4 cm³/mol. The third-order valence-electron chi connectivity index (χ3n) is 4.09. The van der Waals surface area contributed by atoms with Crippen molar-refractivity contribution in [2.75, 3.05) is 43.1 Å². The Labute approximate surface area is 137 Å². The van der Waals surface area contributed by atoms with E-state index in [1.54, 1.807) is 7.11 Å². The summed E-state index contributed by atoms with van der Waals surface area (Å²) in [6, 6.07) is 6.23. The topological polar surface area (TPSA) is 67.3 Å². The number of piperazine rings is 1. The van der Waals surface area contributed by atoms with Gasteiger partial charge >= 0.3 is 0 Å². The minimum absolute atomic E-state index is 0.615. The molecule has 23 heavy (non-hydrogen) atoms. The molecule has 8 heteroatoms. The number of rotatable bonds is 3. The van der Waals surface area contributed by atoms with E-state index in [4.69, 9.17) is 4.74 Å². The summed E-state index contributed by atoms with van der Waals surface area (Å²) in [7, 11) is 1.63. The maximum Gasteiger partial charge on any atom is 0.224 e. The van der Waals surface area contributed by atoms with E-state index in [-0.39, 0.29) is 0 Å². The molecule has 0 saturated carbocycles. The van der Waals surface area contributed by atoms with Crippen LogP contribution >= 0.6 is 11.7 Å². The second-order valence-electron chi connectivity index (χ2n) is 5.32. The zero-order valence-electron chi connectivity index (χ0n) is 12.7. The third kappa shape index (κ3) is 2.65. The molecule has 1 fully saturated rings. The van der Waals surface area contributed by atoms with E-state index in [1.807, 2.05) is 12.3 Å². The second kappa shape index (κ2) is 5.96. The first-order chi connectivity index (χ1) is 11.3. The zero-order chi connectivity index (χ0) is 15.6. The highest BCUT2D eigenvalue weighted by atomic mass is 32.1. The van der Waals surface area contributed by atoms with Gasteiger partial charge in [0.15, 0.2) is 5.82 Å². The number of hydrogen-bond acceptors (Lipinski definition) is 8. The zero-order valence-corrected chi connectivity index (χ0v) is 13.5. The van der Waals surface area contributed by atoms with E-state index < -0.39 is 0 Å². The summed E-state index contributed by atoms with van der Waals surface area (Å²) in [6.07, 6.45) is 3.36. The van der Waals surface area contributed by atoms with E-state index in [9.17, 15) is 0 Å². The fourth-order valence-electron chi connectivity index (χ4n) is 2.87. The molecule has 1 aliphatic heterocycles. The van der Waals surface area contributed by atoms with Crippen LogP contribution in [0.3, 0.4) is 0 Å². The van der Waals surface area contributed by atoms with Crippen molar-refractivity contribution in [1.82, 2.24) is 18.7 Å². The van der Waals surface area contributed by atoms with Gasteiger partial charge in [-0.2, -0.15) is 8.75 Å². The number of ether oxygens (including phenoxy) is 1. The Kier molecular flexibility index (Phi) is 3.66. The smallest absolute Gasteiger partial charge is 0.224 e. The van der Waals surface area contributed by atoms with E-state index in [2.05, 4.69) is 40.6 Å². The molecule has 0 amide bonds. The van der Waals surface area contributed by atoms with Crippen molar-refractivity contribution >= 4 is 34.1 Å². The van der Waals surface area contributed by atoms with Gasteiger partial charge in [0.1, 0.15) is 6.33 Å². The molecule has 3 aromatic rings. The van der Waals surface area contributed by atoms with Gasteiger partial charge in [0.25, 0.3) is 0 Å².